The van der Waals surface area contributed by atoms with Gasteiger partial charge in [-0.1, -0.05) is 6.92 Å². The van der Waals surface area contributed by atoms with Gasteiger partial charge in [0, 0.05) is 24.2 Å². The molecule has 0 spiro atoms. The van der Waals surface area contributed by atoms with Gasteiger partial charge in [-0.3, -0.25) is 0 Å². The molecule has 106 valence electrons. The van der Waals surface area contributed by atoms with Crippen molar-refractivity contribution in [2.75, 3.05) is 24.9 Å². The fourth-order valence-electron chi connectivity index (χ4n) is 3.01. The Morgan fingerprint density at radius 3 is 2.42 bits per heavy atom. The topological polar surface area (TPSA) is 47.7 Å². The number of ether oxygens (including phenoxy) is 2. The second kappa shape index (κ2) is 5.59. The van der Waals surface area contributed by atoms with E-state index in [1.807, 2.05) is 12.1 Å². The summed E-state index contributed by atoms with van der Waals surface area (Å²) >= 11 is 0. The van der Waals surface area contributed by atoms with E-state index < -0.39 is 0 Å². The molecule has 1 aliphatic heterocycles. The summed E-state index contributed by atoms with van der Waals surface area (Å²) in [5.41, 5.74) is 8.02. The largest absolute Gasteiger partial charge is 0.493 e. The van der Waals surface area contributed by atoms with E-state index in [1.165, 1.54) is 12.8 Å². The van der Waals surface area contributed by atoms with Crippen LogP contribution in [0.3, 0.4) is 0 Å². The third-order valence-electron chi connectivity index (χ3n) is 4.07. The molecule has 1 fully saturated rings. The highest BCUT2D eigenvalue weighted by atomic mass is 16.5. The van der Waals surface area contributed by atoms with Gasteiger partial charge < -0.3 is 20.1 Å². The van der Waals surface area contributed by atoms with Gasteiger partial charge in [-0.25, -0.2) is 0 Å². The van der Waals surface area contributed by atoms with Crippen LogP contribution in [-0.4, -0.2) is 26.3 Å². The Bertz CT molecular complexity index is 448. The first kappa shape index (κ1) is 13.8. The average Bonchev–Trinajstić information content (AvgIpc) is 2.79. The number of nitrogens with two attached hydrogens (primary N) is 1. The van der Waals surface area contributed by atoms with Gasteiger partial charge in [0.25, 0.3) is 0 Å². The predicted octanol–water partition coefficient (Wildman–Crippen LogP) is 3.05. The van der Waals surface area contributed by atoms with Crippen molar-refractivity contribution in [3.63, 3.8) is 0 Å². The Hall–Kier alpha value is -1.58. The summed E-state index contributed by atoms with van der Waals surface area (Å²) in [6.45, 7) is 4.48. The van der Waals surface area contributed by atoms with Gasteiger partial charge >= 0.3 is 0 Å². The Kier molecular flexibility index (Phi) is 4.08. The van der Waals surface area contributed by atoms with E-state index in [4.69, 9.17) is 15.2 Å². The van der Waals surface area contributed by atoms with Gasteiger partial charge in [0.2, 0.25) is 0 Å². The van der Waals surface area contributed by atoms with E-state index in [0.29, 0.717) is 17.8 Å². The van der Waals surface area contributed by atoms with Crippen LogP contribution >= 0.6 is 0 Å². The van der Waals surface area contributed by atoms with Gasteiger partial charge in [-0.05, 0) is 26.2 Å². The lowest BCUT2D eigenvalue weighted by Gasteiger charge is -2.32. The van der Waals surface area contributed by atoms with E-state index in [-0.39, 0.29) is 0 Å². The molecule has 4 heteroatoms. The second-order valence-electron chi connectivity index (χ2n) is 5.16. The van der Waals surface area contributed by atoms with Crippen molar-refractivity contribution in [1.82, 2.24) is 0 Å². The van der Waals surface area contributed by atoms with Crippen molar-refractivity contribution < 1.29 is 9.47 Å². The normalized spacial score (nSPS) is 22.6. The minimum Gasteiger partial charge on any atom is -0.493 e. The van der Waals surface area contributed by atoms with Crippen LogP contribution in [0.1, 0.15) is 33.1 Å². The van der Waals surface area contributed by atoms with Crippen LogP contribution in [0.25, 0.3) is 0 Å². The van der Waals surface area contributed by atoms with Crippen LogP contribution in [-0.2, 0) is 0 Å². The van der Waals surface area contributed by atoms with Gasteiger partial charge in [-0.15, -0.1) is 0 Å². The molecule has 0 saturated carbocycles. The maximum Gasteiger partial charge on any atom is 0.162 e. The van der Waals surface area contributed by atoms with Gasteiger partial charge in [0.05, 0.1) is 25.6 Å². The number of benzene rings is 1. The summed E-state index contributed by atoms with van der Waals surface area (Å²) < 4.78 is 10.7. The van der Waals surface area contributed by atoms with E-state index in [9.17, 15) is 0 Å². The minimum absolute atomic E-state index is 0.519. The summed E-state index contributed by atoms with van der Waals surface area (Å²) in [6.07, 6.45) is 3.58. The number of rotatable bonds is 4. The fourth-order valence-corrected chi connectivity index (χ4v) is 3.01. The molecule has 0 radical (unpaired) electrons. The van der Waals surface area contributed by atoms with Crippen LogP contribution < -0.4 is 20.1 Å². The summed E-state index contributed by atoms with van der Waals surface area (Å²) in [7, 11) is 3.28. The van der Waals surface area contributed by atoms with E-state index >= 15 is 0 Å². The van der Waals surface area contributed by atoms with Gasteiger partial charge in [0.1, 0.15) is 0 Å². The molecule has 1 aromatic carbocycles. The highest BCUT2D eigenvalue weighted by Crippen LogP contribution is 2.41. The molecule has 4 nitrogen and oxygen atoms in total. The molecule has 1 saturated heterocycles. The molecule has 1 aliphatic rings. The second-order valence-corrected chi connectivity index (χ2v) is 5.16. The fraction of sp³-hybridized carbons (Fsp3) is 0.600. The Balaban J connectivity index is 2.43. The molecule has 2 rings (SSSR count). The summed E-state index contributed by atoms with van der Waals surface area (Å²) in [5.74, 6) is 1.42. The molecule has 19 heavy (non-hydrogen) atoms. The number of hydrogen-bond donors (Lipinski definition) is 1. The van der Waals surface area contributed by atoms with Crippen molar-refractivity contribution in [3.8, 4) is 11.5 Å². The van der Waals surface area contributed by atoms with Gasteiger partial charge in [-0.2, -0.15) is 0 Å². The number of anilines is 2. The molecular weight excluding hydrogens is 240 g/mol. The lowest BCUT2D eigenvalue weighted by molar-refractivity contribution is 0.355. The zero-order valence-corrected chi connectivity index (χ0v) is 12.3. The van der Waals surface area contributed by atoms with Gasteiger partial charge in [0.15, 0.2) is 11.5 Å². The zero-order chi connectivity index (χ0) is 14.0. The lowest BCUT2D eigenvalue weighted by atomic mass is 10.1. The zero-order valence-electron chi connectivity index (χ0n) is 12.3. The standard InChI is InChI=1S/C15H24N2O2/c1-5-11-7-6-10(2)17(11)13-9-15(19-4)14(18-3)8-12(13)16/h8-11H,5-7,16H2,1-4H3. The molecule has 0 aromatic heterocycles. The first-order valence-electron chi connectivity index (χ1n) is 6.92. The van der Waals surface area contributed by atoms with Crippen LogP contribution in [0.4, 0.5) is 11.4 Å². The lowest BCUT2D eigenvalue weighted by Crippen LogP contribution is -2.34. The highest BCUT2D eigenvalue weighted by Gasteiger charge is 2.31. The molecule has 0 amide bonds. The third-order valence-corrected chi connectivity index (χ3v) is 4.07. The first-order chi connectivity index (χ1) is 9.12. The summed E-state index contributed by atoms with van der Waals surface area (Å²) in [4.78, 5) is 2.43. The van der Waals surface area contributed by atoms with Crippen LogP contribution in [0.5, 0.6) is 11.5 Å². The van der Waals surface area contributed by atoms with E-state index in [2.05, 4.69) is 18.7 Å². The quantitative estimate of drug-likeness (QED) is 0.849. The maximum absolute atomic E-state index is 6.20. The van der Waals surface area contributed by atoms with E-state index in [0.717, 1.165) is 23.5 Å². The predicted molar refractivity (Wildman–Crippen MR) is 79.2 cm³/mol. The molecular formula is C15H24N2O2. The van der Waals surface area contributed by atoms with Crippen molar-refractivity contribution in [2.24, 2.45) is 0 Å². The van der Waals surface area contributed by atoms with Crippen LogP contribution in [0.15, 0.2) is 12.1 Å². The SMILES string of the molecule is CCC1CCC(C)N1c1cc(OC)c(OC)cc1N. The van der Waals surface area contributed by atoms with Crippen LogP contribution in [0, 0.1) is 0 Å². The Morgan fingerprint density at radius 2 is 1.84 bits per heavy atom. The van der Waals surface area contributed by atoms with Crippen molar-refractivity contribution in [2.45, 2.75) is 45.2 Å². The number of hydrogen-bond acceptors (Lipinski definition) is 4. The average molecular weight is 264 g/mol. The Morgan fingerprint density at radius 1 is 1.21 bits per heavy atom. The number of nitrogens with zero attached hydrogens (tertiary/aromatic N) is 1. The molecule has 0 bridgehead atoms. The van der Waals surface area contributed by atoms with E-state index in [1.54, 1.807) is 14.2 Å². The monoisotopic (exact) mass is 264 g/mol. The molecule has 2 atom stereocenters. The smallest absolute Gasteiger partial charge is 0.162 e. The molecule has 2 N–H and O–H groups in total. The number of methoxy groups -OCH3 is 2. The first-order valence-corrected chi connectivity index (χ1v) is 6.92. The minimum atomic E-state index is 0.519. The molecule has 0 aliphatic carbocycles. The molecule has 1 aromatic rings. The number of nitrogen functional groups attached to an aromatic ring is 1. The van der Waals surface area contributed by atoms with Crippen molar-refractivity contribution >= 4 is 11.4 Å². The van der Waals surface area contributed by atoms with Crippen LogP contribution in [0.2, 0.25) is 0 Å². The highest BCUT2D eigenvalue weighted by molar-refractivity contribution is 5.74. The summed E-state index contributed by atoms with van der Waals surface area (Å²) in [6, 6.07) is 4.94. The third kappa shape index (κ3) is 2.44. The van der Waals surface area contributed by atoms with Crippen molar-refractivity contribution in [3.05, 3.63) is 12.1 Å². The van der Waals surface area contributed by atoms with Crippen molar-refractivity contribution in [1.29, 1.82) is 0 Å². The molecule has 2 unspecified atom stereocenters. The maximum atomic E-state index is 6.20. The summed E-state index contributed by atoms with van der Waals surface area (Å²) in [5, 5.41) is 0. The Labute approximate surface area is 115 Å². The molecule has 1 heterocycles.